The van der Waals surface area contributed by atoms with Crippen LogP contribution in [0.2, 0.25) is 0 Å². The quantitative estimate of drug-likeness (QED) is 0.467. The van der Waals surface area contributed by atoms with E-state index < -0.39 is 23.1 Å². The molecule has 1 aromatic carbocycles. The number of anilines is 2. The molecule has 0 spiro atoms. The van der Waals surface area contributed by atoms with Crippen LogP contribution in [-0.2, 0) is 0 Å². The summed E-state index contributed by atoms with van der Waals surface area (Å²) in [5, 5.41) is 29.0. The molecule has 0 heterocycles. The number of carbonyl (C=O) groups is 2. The van der Waals surface area contributed by atoms with Crippen molar-refractivity contribution in [3.63, 3.8) is 0 Å². The fourth-order valence-corrected chi connectivity index (χ4v) is 1.84. The molecule has 8 nitrogen and oxygen atoms in total. The number of hydrogen-bond donors (Lipinski definition) is 6. The number of benzene rings is 1. The average Bonchev–Trinajstić information content (AvgIpc) is 2.49. The van der Waals surface area contributed by atoms with Crippen LogP contribution in [0.3, 0.4) is 0 Å². The molecule has 0 bridgehead atoms. The van der Waals surface area contributed by atoms with Gasteiger partial charge in [-0.05, 0) is 52.3 Å². The highest BCUT2D eigenvalue weighted by molar-refractivity contribution is 5.94. The molecule has 25 heavy (non-hydrogen) atoms. The Hall–Kier alpha value is -2.32. The number of amides is 4. The molecule has 0 aliphatic heterocycles. The predicted octanol–water partition coefficient (Wildman–Crippen LogP) is 1.78. The van der Waals surface area contributed by atoms with E-state index in [0.29, 0.717) is 11.4 Å². The molecule has 0 unspecified atom stereocenters. The van der Waals surface area contributed by atoms with Gasteiger partial charge in [0.2, 0.25) is 0 Å². The number of rotatable bonds is 6. The first-order chi connectivity index (χ1) is 11.5. The third-order valence-electron chi connectivity index (χ3n) is 3.44. The highest BCUT2D eigenvalue weighted by Crippen LogP contribution is 2.20. The molecular formula is C17H28N4O4. The Morgan fingerprint density at radius 3 is 1.88 bits per heavy atom. The van der Waals surface area contributed by atoms with Gasteiger partial charge in [0, 0.05) is 11.4 Å². The SMILES string of the molecule is Cc1ccc(NC(=O)NC(C)(C)CO)cc1NC(=O)NC(C)(C)CO. The maximum absolute atomic E-state index is 12.0. The van der Waals surface area contributed by atoms with Crippen LogP contribution in [0.5, 0.6) is 0 Å². The number of aliphatic hydroxyl groups is 2. The van der Waals surface area contributed by atoms with Crippen molar-refractivity contribution >= 4 is 23.4 Å². The maximum Gasteiger partial charge on any atom is 0.319 e. The molecule has 0 aromatic heterocycles. The summed E-state index contributed by atoms with van der Waals surface area (Å²) >= 11 is 0. The van der Waals surface area contributed by atoms with Crippen molar-refractivity contribution in [1.82, 2.24) is 10.6 Å². The van der Waals surface area contributed by atoms with Crippen LogP contribution in [0.25, 0.3) is 0 Å². The number of carbonyl (C=O) groups excluding carboxylic acids is 2. The minimum absolute atomic E-state index is 0.193. The van der Waals surface area contributed by atoms with Crippen molar-refractivity contribution in [1.29, 1.82) is 0 Å². The van der Waals surface area contributed by atoms with Gasteiger partial charge in [-0.15, -0.1) is 0 Å². The fraction of sp³-hybridized carbons (Fsp3) is 0.529. The van der Waals surface area contributed by atoms with Crippen molar-refractivity contribution in [3.05, 3.63) is 23.8 Å². The third-order valence-corrected chi connectivity index (χ3v) is 3.44. The molecular weight excluding hydrogens is 324 g/mol. The van der Waals surface area contributed by atoms with Crippen LogP contribution < -0.4 is 21.3 Å². The lowest BCUT2D eigenvalue weighted by molar-refractivity contribution is 0.187. The maximum atomic E-state index is 12.0. The standard InChI is InChI=1S/C17H28N4O4/c1-11-6-7-12(18-14(24)20-16(2,3)9-22)8-13(11)19-15(25)21-17(4,5)10-23/h6-8,22-23H,9-10H2,1-5H3,(H2,18,20,24)(H2,19,21,25). The molecule has 0 saturated carbocycles. The monoisotopic (exact) mass is 352 g/mol. The molecule has 1 aromatic rings. The topological polar surface area (TPSA) is 123 Å². The van der Waals surface area contributed by atoms with E-state index in [0.717, 1.165) is 5.56 Å². The number of aliphatic hydroxyl groups excluding tert-OH is 2. The van der Waals surface area contributed by atoms with Gasteiger partial charge < -0.3 is 31.5 Å². The van der Waals surface area contributed by atoms with Gasteiger partial charge >= 0.3 is 12.1 Å². The summed E-state index contributed by atoms with van der Waals surface area (Å²) < 4.78 is 0. The van der Waals surface area contributed by atoms with E-state index in [1.54, 1.807) is 45.9 Å². The van der Waals surface area contributed by atoms with Gasteiger partial charge in [-0.25, -0.2) is 9.59 Å². The molecule has 6 N–H and O–H groups in total. The molecule has 1 rings (SSSR count). The highest BCUT2D eigenvalue weighted by Gasteiger charge is 2.20. The zero-order chi connectivity index (χ0) is 19.3. The largest absolute Gasteiger partial charge is 0.394 e. The second-order valence-corrected chi connectivity index (χ2v) is 7.27. The predicted molar refractivity (Wildman–Crippen MR) is 97.8 cm³/mol. The zero-order valence-electron chi connectivity index (χ0n) is 15.4. The second-order valence-electron chi connectivity index (χ2n) is 7.27. The van der Waals surface area contributed by atoms with E-state index in [1.807, 2.05) is 6.92 Å². The minimum atomic E-state index is -0.746. The van der Waals surface area contributed by atoms with Crippen molar-refractivity contribution in [2.75, 3.05) is 23.8 Å². The van der Waals surface area contributed by atoms with Crippen molar-refractivity contribution in [2.45, 2.75) is 45.7 Å². The van der Waals surface area contributed by atoms with E-state index in [-0.39, 0.29) is 13.2 Å². The third kappa shape index (κ3) is 6.98. The Morgan fingerprint density at radius 1 is 0.920 bits per heavy atom. The lowest BCUT2D eigenvalue weighted by Gasteiger charge is -2.24. The van der Waals surface area contributed by atoms with E-state index in [2.05, 4.69) is 21.3 Å². The smallest absolute Gasteiger partial charge is 0.319 e. The Balaban J connectivity index is 2.79. The van der Waals surface area contributed by atoms with E-state index in [4.69, 9.17) is 0 Å². The summed E-state index contributed by atoms with van der Waals surface area (Å²) in [5.41, 5.74) is 0.354. The van der Waals surface area contributed by atoms with Gasteiger partial charge in [0.05, 0.1) is 24.3 Å². The van der Waals surface area contributed by atoms with Gasteiger partial charge in [0.1, 0.15) is 0 Å². The number of urea groups is 2. The van der Waals surface area contributed by atoms with Crippen LogP contribution in [-0.4, -0.2) is 46.6 Å². The molecule has 0 fully saturated rings. The first kappa shape index (κ1) is 20.7. The van der Waals surface area contributed by atoms with Crippen LogP contribution in [0.4, 0.5) is 21.0 Å². The summed E-state index contributed by atoms with van der Waals surface area (Å²) in [5.74, 6) is 0. The van der Waals surface area contributed by atoms with E-state index >= 15 is 0 Å². The summed E-state index contributed by atoms with van der Waals surface area (Å²) in [6.07, 6.45) is 0. The normalized spacial score (nSPS) is 11.6. The van der Waals surface area contributed by atoms with Crippen LogP contribution in [0, 0.1) is 6.92 Å². The summed E-state index contributed by atoms with van der Waals surface area (Å²) in [4.78, 5) is 24.0. The molecule has 0 aliphatic carbocycles. The summed E-state index contributed by atoms with van der Waals surface area (Å²) in [6, 6.07) is 4.19. The molecule has 4 amide bonds. The zero-order valence-corrected chi connectivity index (χ0v) is 15.4. The van der Waals surface area contributed by atoms with E-state index in [9.17, 15) is 19.8 Å². The van der Waals surface area contributed by atoms with Gasteiger partial charge in [0.15, 0.2) is 0 Å². The van der Waals surface area contributed by atoms with Gasteiger partial charge in [0.25, 0.3) is 0 Å². The Morgan fingerprint density at radius 2 is 1.40 bits per heavy atom. The van der Waals surface area contributed by atoms with Crippen molar-refractivity contribution < 1.29 is 19.8 Å². The first-order valence-electron chi connectivity index (χ1n) is 7.99. The average molecular weight is 352 g/mol. The van der Waals surface area contributed by atoms with Crippen LogP contribution in [0.15, 0.2) is 18.2 Å². The summed E-state index contributed by atoms with van der Waals surface area (Å²) in [6.45, 7) is 8.23. The van der Waals surface area contributed by atoms with Gasteiger partial charge in [-0.1, -0.05) is 6.07 Å². The molecule has 0 saturated heterocycles. The van der Waals surface area contributed by atoms with E-state index in [1.165, 1.54) is 0 Å². The number of aryl methyl sites for hydroxylation is 1. The number of hydrogen-bond acceptors (Lipinski definition) is 4. The van der Waals surface area contributed by atoms with Crippen LogP contribution in [0.1, 0.15) is 33.3 Å². The second kappa shape index (κ2) is 8.17. The highest BCUT2D eigenvalue weighted by atomic mass is 16.3. The van der Waals surface area contributed by atoms with Crippen LogP contribution >= 0.6 is 0 Å². The summed E-state index contributed by atoms with van der Waals surface area (Å²) in [7, 11) is 0. The molecule has 140 valence electrons. The molecule has 0 atom stereocenters. The Labute approximate surface area is 148 Å². The minimum Gasteiger partial charge on any atom is -0.394 e. The van der Waals surface area contributed by atoms with Gasteiger partial charge in [-0.2, -0.15) is 0 Å². The Kier molecular flexibility index (Phi) is 6.78. The first-order valence-corrected chi connectivity index (χ1v) is 7.99. The Bertz CT molecular complexity index is 629. The van der Waals surface area contributed by atoms with Crippen molar-refractivity contribution in [2.24, 2.45) is 0 Å². The molecule has 8 heteroatoms. The fourth-order valence-electron chi connectivity index (χ4n) is 1.84. The van der Waals surface area contributed by atoms with Gasteiger partial charge in [-0.3, -0.25) is 0 Å². The molecule has 0 radical (unpaired) electrons. The molecule has 0 aliphatic rings. The lowest BCUT2D eigenvalue weighted by Crippen LogP contribution is -2.48. The number of nitrogens with one attached hydrogen (secondary N) is 4. The lowest BCUT2D eigenvalue weighted by atomic mass is 10.1. The van der Waals surface area contributed by atoms with Crippen molar-refractivity contribution in [3.8, 4) is 0 Å².